The molecule has 0 radical (unpaired) electrons. The summed E-state index contributed by atoms with van der Waals surface area (Å²) in [5.74, 6) is -4.39. The molecule has 0 saturated carbocycles. The van der Waals surface area contributed by atoms with Crippen LogP contribution in [0.4, 0.5) is 24.8 Å². The number of H-pyrrole nitrogens is 1. The minimum absolute atomic E-state index is 0.00448. The first-order chi connectivity index (χ1) is 37.4. The van der Waals surface area contributed by atoms with Crippen molar-refractivity contribution in [1.82, 2.24) is 40.8 Å². The standard InChI is InChI=1S/C53H75F3N10O11S2/c1-7-36-29-39(68)32-65(36)43(71)17-11-9-13-27-58-42(70)24-25-52(4,5)79-78-28-14-16-38(67)15-10-8-12-26-57-41(69)23-22-40(49(75)77-6)61-47(73)34-18-20-37(21-19-34)66(50(76)53(54,55)56)31-35-30-59-45-44(60-35)48(74)64-51(62-45)63-46(72)33(2)3/h18-21,30,33,36,39-40,68H,7-17,22-29,31-32H2,1-6H3,(H,57,69)(H,58,70)(H,61,73)(H2,59,62,63,64,72,74)/t36-,39-,40+/m1/s1. The number of benzene rings is 1. The summed E-state index contributed by atoms with van der Waals surface area (Å²) in [6.45, 7) is 9.97. The molecule has 0 spiro atoms. The van der Waals surface area contributed by atoms with Gasteiger partial charge in [-0.25, -0.2) is 14.8 Å². The van der Waals surface area contributed by atoms with Crippen LogP contribution in [0, 0.1) is 5.92 Å². The van der Waals surface area contributed by atoms with Crippen molar-refractivity contribution in [2.24, 2.45) is 5.92 Å². The number of Topliss-reactive ketones (excluding diaryl/α,β-unsaturated/α-hetero) is 1. The Morgan fingerprint density at radius 1 is 0.886 bits per heavy atom. The molecular weight excluding hydrogens is 1070 g/mol. The third-order valence-electron chi connectivity index (χ3n) is 12.9. The van der Waals surface area contributed by atoms with Gasteiger partial charge in [0.1, 0.15) is 11.8 Å². The first-order valence-electron chi connectivity index (χ1n) is 26.7. The number of aliphatic hydroxyl groups is 1. The van der Waals surface area contributed by atoms with Gasteiger partial charge in [-0.15, -0.1) is 0 Å². The van der Waals surface area contributed by atoms with E-state index >= 15 is 0 Å². The Morgan fingerprint density at radius 3 is 2.16 bits per heavy atom. The van der Waals surface area contributed by atoms with Crippen molar-refractivity contribution in [3.63, 3.8) is 0 Å². The number of rotatable bonds is 33. The van der Waals surface area contributed by atoms with Crippen LogP contribution in [0.15, 0.2) is 35.3 Å². The molecule has 1 fully saturated rings. The maximum Gasteiger partial charge on any atom is 0.471 e. The fraction of sp³-hybridized carbons (Fsp3) is 0.623. The van der Waals surface area contributed by atoms with Gasteiger partial charge in [-0.1, -0.05) is 55.2 Å². The van der Waals surface area contributed by atoms with Gasteiger partial charge in [0, 0.05) is 85.4 Å². The number of nitrogens with one attached hydrogen (secondary N) is 5. The van der Waals surface area contributed by atoms with E-state index in [0.717, 1.165) is 75.4 Å². The number of amides is 6. The maximum atomic E-state index is 13.8. The van der Waals surface area contributed by atoms with Crippen LogP contribution in [0.25, 0.3) is 11.2 Å². The molecule has 79 heavy (non-hydrogen) atoms. The van der Waals surface area contributed by atoms with Crippen molar-refractivity contribution >= 4 is 91.6 Å². The second kappa shape index (κ2) is 32.2. The molecule has 2 aromatic heterocycles. The number of hydrogen-bond donors (Lipinski definition) is 6. The minimum atomic E-state index is -5.34. The number of unbranched alkanes of at least 4 members (excludes halogenated alkanes) is 4. The van der Waals surface area contributed by atoms with Gasteiger partial charge in [-0.3, -0.25) is 53.6 Å². The number of ether oxygens (including phenoxy) is 1. The normalized spacial score (nSPS) is 14.9. The number of halogens is 3. The van der Waals surface area contributed by atoms with Crippen LogP contribution < -0.4 is 31.7 Å². The minimum Gasteiger partial charge on any atom is -0.467 e. The highest BCUT2D eigenvalue weighted by Crippen LogP contribution is 2.39. The van der Waals surface area contributed by atoms with Gasteiger partial charge in [0.15, 0.2) is 11.2 Å². The van der Waals surface area contributed by atoms with E-state index in [1.54, 1.807) is 35.4 Å². The number of β-amino-alcohol motifs (C(OH)–C–C–N with tert-alkyl or cyclic N) is 1. The molecule has 6 N–H and O–H groups in total. The van der Waals surface area contributed by atoms with Crippen LogP contribution in [-0.4, -0.2) is 139 Å². The first-order valence-corrected chi connectivity index (χ1v) is 29.0. The summed E-state index contributed by atoms with van der Waals surface area (Å²) >= 11 is 0. The largest absolute Gasteiger partial charge is 0.471 e. The predicted molar refractivity (Wildman–Crippen MR) is 295 cm³/mol. The summed E-state index contributed by atoms with van der Waals surface area (Å²) < 4.78 is 46.2. The van der Waals surface area contributed by atoms with Gasteiger partial charge in [-0.2, -0.15) is 18.2 Å². The van der Waals surface area contributed by atoms with Gasteiger partial charge in [0.05, 0.1) is 31.6 Å². The summed E-state index contributed by atoms with van der Waals surface area (Å²) in [4.78, 5) is 130. The smallest absolute Gasteiger partial charge is 0.467 e. The molecule has 3 heterocycles. The summed E-state index contributed by atoms with van der Waals surface area (Å²) in [5, 5.41) is 20.5. The van der Waals surface area contributed by atoms with Crippen LogP contribution in [0.2, 0.25) is 0 Å². The average Bonchev–Trinajstić information content (AvgIpc) is 3.82. The molecule has 1 saturated heterocycles. The van der Waals surface area contributed by atoms with E-state index in [1.165, 1.54) is 0 Å². The number of aromatic nitrogens is 4. The second-order valence-corrected chi connectivity index (χ2v) is 23.4. The van der Waals surface area contributed by atoms with Gasteiger partial charge in [-0.05, 0) is 95.9 Å². The monoisotopic (exact) mass is 1150 g/mol. The number of aliphatic hydroxyl groups excluding tert-OH is 1. The van der Waals surface area contributed by atoms with Gasteiger partial charge < -0.3 is 30.7 Å². The van der Waals surface area contributed by atoms with Crippen molar-refractivity contribution in [3.8, 4) is 0 Å². The summed E-state index contributed by atoms with van der Waals surface area (Å²) in [7, 11) is 4.50. The molecule has 1 aliphatic rings. The molecule has 3 aromatic rings. The van der Waals surface area contributed by atoms with Crippen molar-refractivity contribution in [2.75, 3.05) is 42.7 Å². The van der Waals surface area contributed by atoms with E-state index in [4.69, 9.17) is 4.74 Å². The third-order valence-corrected chi connectivity index (χ3v) is 16.3. The van der Waals surface area contributed by atoms with Crippen LogP contribution in [0.5, 0.6) is 0 Å². The van der Waals surface area contributed by atoms with E-state index < -0.39 is 65.9 Å². The Morgan fingerprint density at radius 2 is 1.53 bits per heavy atom. The van der Waals surface area contributed by atoms with Gasteiger partial charge in [0.2, 0.25) is 29.6 Å². The highest BCUT2D eigenvalue weighted by Gasteiger charge is 2.43. The van der Waals surface area contributed by atoms with Crippen molar-refractivity contribution in [2.45, 2.75) is 173 Å². The quantitative estimate of drug-likeness (QED) is 0.0216. The summed E-state index contributed by atoms with van der Waals surface area (Å²) in [6.07, 6.45) is 3.98. The number of nitrogens with zero attached hydrogens (tertiary/aromatic N) is 5. The lowest BCUT2D eigenvalue weighted by molar-refractivity contribution is -0.170. The number of ketones is 1. The number of fused-ring (bicyclic) bond motifs is 1. The van der Waals surface area contributed by atoms with E-state index in [-0.39, 0.29) is 75.3 Å². The maximum absolute atomic E-state index is 13.8. The lowest BCUT2D eigenvalue weighted by Crippen LogP contribution is -2.42. The number of methoxy groups -OCH3 is 1. The Kier molecular flexibility index (Phi) is 26.6. The number of anilines is 2. The van der Waals surface area contributed by atoms with E-state index in [9.17, 15) is 61.4 Å². The predicted octanol–water partition coefficient (Wildman–Crippen LogP) is 6.47. The number of aromatic amines is 1. The summed E-state index contributed by atoms with van der Waals surface area (Å²) in [5.41, 5.74) is -2.06. The van der Waals surface area contributed by atoms with Crippen LogP contribution >= 0.6 is 21.6 Å². The average molecular weight is 1150 g/mol. The van der Waals surface area contributed by atoms with Crippen LogP contribution in [0.1, 0.15) is 153 Å². The zero-order valence-corrected chi connectivity index (χ0v) is 47.4. The molecule has 1 aliphatic heterocycles. The molecule has 0 aliphatic carbocycles. The van der Waals surface area contributed by atoms with Crippen molar-refractivity contribution < 1.29 is 61.4 Å². The Balaban J connectivity index is 1.09. The molecule has 0 bridgehead atoms. The highest BCUT2D eigenvalue weighted by atomic mass is 33.1. The SMILES string of the molecule is CC[C@@H]1C[C@@H](O)CN1C(=O)CCCCCNC(=O)CCC(C)(C)SSCCCC(=O)CCCCCNC(=O)CC[C@H](NC(=O)c1ccc(N(Cc2cnc3nc(NC(=O)C(C)C)[nH]c(=O)c3n2)C(=O)C(F)(F)F)cc1)C(=O)OC. The number of alkyl halides is 3. The number of carbonyl (C=O) groups excluding carboxylic acids is 8. The molecule has 4 rings (SSSR count). The fourth-order valence-corrected chi connectivity index (χ4v) is 11.0. The topological polar surface area (TPSA) is 292 Å². The number of esters is 1. The first kappa shape index (κ1) is 65.4. The van der Waals surface area contributed by atoms with Crippen LogP contribution in [-0.2, 0) is 44.8 Å². The summed E-state index contributed by atoms with van der Waals surface area (Å²) in [6, 6.07) is 3.25. The zero-order valence-electron chi connectivity index (χ0n) is 45.8. The molecule has 26 heteroatoms. The number of carbonyl (C=O) groups is 8. The lowest BCUT2D eigenvalue weighted by atomic mass is 10.1. The Labute approximate surface area is 465 Å². The molecule has 0 unspecified atom stereocenters. The van der Waals surface area contributed by atoms with E-state index in [0.29, 0.717) is 82.3 Å². The second-order valence-electron chi connectivity index (χ2n) is 20.2. The van der Waals surface area contributed by atoms with Gasteiger partial charge in [0.25, 0.3) is 11.5 Å². The molecule has 3 atom stereocenters. The fourth-order valence-electron chi connectivity index (χ4n) is 8.32. The third kappa shape index (κ3) is 22.5. The Hall–Kier alpha value is -6.15. The molecular formula is C53H75F3N10O11S2. The van der Waals surface area contributed by atoms with Crippen molar-refractivity contribution in [3.05, 3.63) is 52.1 Å². The van der Waals surface area contributed by atoms with Crippen LogP contribution in [0.3, 0.4) is 0 Å². The molecule has 436 valence electrons. The number of likely N-dealkylation sites (tertiary alicyclic amines) is 1. The molecule has 6 amide bonds. The zero-order chi connectivity index (χ0) is 58.3. The molecule has 21 nitrogen and oxygen atoms in total. The highest BCUT2D eigenvalue weighted by molar-refractivity contribution is 8.77. The van der Waals surface area contributed by atoms with E-state index in [1.807, 2.05) is 11.8 Å². The number of hydrogen-bond acceptors (Lipinski definition) is 16. The Bertz CT molecular complexity index is 2620. The molecule has 1 aromatic carbocycles. The van der Waals surface area contributed by atoms with E-state index in [2.05, 4.69) is 55.1 Å². The van der Waals surface area contributed by atoms with Gasteiger partial charge >= 0.3 is 18.1 Å². The lowest BCUT2D eigenvalue weighted by Gasteiger charge is -2.24. The van der Waals surface area contributed by atoms with Crippen molar-refractivity contribution in [1.29, 1.82) is 0 Å².